The molecule has 2 aliphatic carbocycles. The van der Waals surface area contributed by atoms with Gasteiger partial charge in [0.1, 0.15) is 0 Å². The Morgan fingerprint density at radius 2 is 1.90 bits per heavy atom. The first-order chi connectivity index (χ1) is 9.22. The minimum absolute atomic E-state index is 0. The molecule has 0 aromatic rings. The van der Waals surface area contributed by atoms with Crippen LogP contribution in [0.2, 0.25) is 0 Å². The average molecular weight is 354 g/mol. The van der Waals surface area contributed by atoms with Crippen molar-refractivity contribution in [3.05, 3.63) is 6.42 Å². The van der Waals surface area contributed by atoms with Crippen LogP contribution >= 0.6 is 0 Å². The van der Waals surface area contributed by atoms with Gasteiger partial charge in [-0.1, -0.05) is 31.6 Å². The van der Waals surface area contributed by atoms with E-state index in [0.717, 1.165) is 51.4 Å². The van der Waals surface area contributed by atoms with E-state index in [4.69, 9.17) is 0 Å². The Morgan fingerprint density at radius 3 is 2.60 bits per heavy atom. The molecule has 0 bridgehead atoms. The van der Waals surface area contributed by atoms with E-state index in [1.807, 2.05) is 0 Å². The number of aliphatic carboxylic acids is 1. The summed E-state index contributed by atoms with van der Waals surface area (Å²) in [5.74, 6) is -0.161. The summed E-state index contributed by atoms with van der Waals surface area (Å²) < 4.78 is 0. The largest absolute Gasteiger partial charge is 0.551 e. The maximum atomic E-state index is 11.3. The average Bonchev–Trinajstić information content (AvgIpc) is 2.42. The number of nitrogens with one attached hydrogen (secondary N) is 1. The SMILES string of the molecule is O=[C-]NC1[CH-]CCCC1CC1CCCCC1C(=O)O.[Y]. The molecule has 111 valence electrons. The van der Waals surface area contributed by atoms with Gasteiger partial charge in [-0.15, -0.1) is 6.04 Å². The fourth-order valence-corrected chi connectivity index (χ4v) is 3.76. The molecular formula is C15H23NO3Y-2. The Kier molecular flexibility index (Phi) is 8.27. The molecule has 1 amide bonds. The Labute approximate surface area is 146 Å². The number of hydrogen-bond donors (Lipinski definition) is 2. The number of hydrogen-bond acceptors (Lipinski definition) is 2. The predicted octanol–water partition coefficient (Wildman–Crippen LogP) is 2.29. The fraction of sp³-hybridized carbons (Fsp3) is 0.800. The van der Waals surface area contributed by atoms with Crippen molar-refractivity contribution in [1.29, 1.82) is 0 Å². The minimum atomic E-state index is -0.643. The molecule has 2 saturated carbocycles. The first kappa shape index (κ1) is 18.1. The third-order valence-electron chi connectivity index (χ3n) is 4.76. The zero-order valence-corrected chi connectivity index (χ0v) is 14.7. The fourth-order valence-electron chi connectivity index (χ4n) is 3.76. The van der Waals surface area contributed by atoms with Crippen molar-refractivity contribution in [2.75, 3.05) is 0 Å². The van der Waals surface area contributed by atoms with Gasteiger partial charge in [0, 0.05) is 32.7 Å². The van der Waals surface area contributed by atoms with Crippen molar-refractivity contribution >= 4 is 12.4 Å². The van der Waals surface area contributed by atoms with Gasteiger partial charge in [0.15, 0.2) is 0 Å². The van der Waals surface area contributed by atoms with Gasteiger partial charge in [-0.05, 0) is 25.2 Å². The second kappa shape index (κ2) is 9.14. The zero-order chi connectivity index (χ0) is 13.7. The van der Waals surface area contributed by atoms with Gasteiger partial charge in [0.05, 0.1) is 5.92 Å². The maximum absolute atomic E-state index is 11.3. The van der Waals surface area contributed by atoms with Crippen LogP contribution in [0.5, 0.6) is 0 Å². The van der Waals surface area contributed by atoms with Crippen molar-refractivity contribution in [3.8, 4) is 0 Å². The Hall–Kier alpha value is 0.0439. The van der Waals surface area contributed by atoms with Crippen molar-refractivity contribution in [2.45, 2.75) is 57.4 Å². The molecule has 0 spiro atoms. The normalized spacial score (nSPS) is 33.8. The first-order valence-corrected chi connectivity index (χ1v) is 7.41. The molecule has 1 radical (unpaired) electrons. The van der Waals surface area contributed by atoms with Crippen LogP contribution in [0.15, 0.2) is 0 Å². The van der Waals surface area contributed by atoms with E-state index in [0.29, 0.717) is 5.92 Å². The summed E-state index contributed by atoms with van der Waals surface area (Å²) in [6, 6.07) is 0.0858. The number of carbonyl (C=O) groups excluding carboxylic acids is 1. The summed E-state index contributed by atoms with van der Waals surface area (Å²) in [5, 5.41) is 12.1. The Balaban J connectivity index is 0.00000200. The van der Waals surface area contributed by atoms with Crippen LogP contribution in [0.3, 0.4) is 0 Å². The van der Waals surface area contributed by atoms with Gasteiger partial charge in [-0.25, -0.2) is 0 Å². The molecule has 2 aliphatic rings. The molecule has 4 unspecified atom stereocenters. The first-order valence-electron chi connectivity index (χ1n) is 7.41. The summed E-state index contributed by atoms with van der Waals surface area (Å²) in [6.07, 6.45) is 12.1. The molecule has 0 heterocycles. The summed E-state index contributed by atoms with van der Waals surface area (Å²) in [4.78, 5) is 21.9. The zero-order valence-electron chi connectivity index (χ0n) is 11.9. The third-order valence-corrected chi connectivity index (χ3v) is 4.76. The molecule has 0 aromatic heterocycles. The molecule has 0 aliphatic heterocycles. The summed E-state index contributed by atoms with van der Waals surface area (Å²) in [7, 11) is 0. The second-order valence-corrected chi connectivity index (χ2v) is 5.92. The summed E-state index contributed by atoms with van der Waals surface area (Å²) >= 11 is 0. The van der Waals surface area contributed by atoms with E-state index in [2.05, 4.69) is 11.7 Å². The molecule has 4 nitrogen and oxygen atoms in total. The molecular weight excluding hydrogens is 331 g/mol. The summed E-state index contributed by atoms with van der Waals surface area (Å²) in [6.45, 7) is 0. The van der Waals surface area contributed by atoms with E-state index in [-0.39, 0.29) is 50.6 Å². The molecule has 4 atom stereocenters. The van der Waals surface area contributed by atoms with Gasteiger partial charge in [-0.3, -0.25) is 4.79 Å². The van der Waals surface area contributed by atoms with Crippen LogP contribution in [0.4, 0.5) is 0 Å². The molecule has 2 N–H and O–H groups in total. The van der Waals surface area contributed by atoms with Gasteiger partial charge in [0.2, 0.25) is 0 Å². The smallest absolute Gasteiger partial charge is 0.306 e. The molecule has 0 aromatic carbocycles. The number of carboxylic acids is 1. The molecule has 20 heavy (non-hydrogen) atoms. The van der Waals surface area contributed by atoms with Gasteiger partial charge in [0.25, 0.3) is 0 Å². The third kappa shape index (κ3) is 4.80. The van der Waals surface area contributed by atoms with Crippen LogP contribution in [-0.4, -0.2) is 23.5 Å². The molecule has 5 heteroatoms. The van der Waals surface area contributed by atoms with Gasteiger partial charge < -0.3 is 21.6 Å². The number of amides is 1. The monoisotopic (exact) mass is 354 g/mol. The van der Waals surface area contributed by atoms with Crippen LogP contribution in [-0.2, 0) is 42.3 Å². The molecule has 0 saturated heterocycles. The minimum Gasteiger partial charge on any atom is -0.551 e. The number of carboxylic acid groups (broad SMARTS) is 1. The van der Waals surface area contributed by atoms with Crippen molar-refractivity contribution in [1.82, 2.24) is 5.32 Å². The summed E-state index contributed by atoms with van der Waals surface area (Å²) in [5.41, 5.74) is 0. The van der Waals surface area contributed by atoms with Crippen LogP contribution < -0.4 is 5.32 Å². The quantitative estimate of drug-likeness (QED) is 0.588. The number of rotatable bonds is 5. The second-order valence-electron chi connectivity index (χ2n) is 5.92. The maximum Gasteiger partial charge on any atom is 0.306 e. The Morgan fingerprint density at radius 1 is 1.20 bits per heavy atom. The van der Waals surface area contributed by atoms with Gasteiger partial charge >= 0.3 is 5.97 Å². The predicted molar refractivity (Wildman–Crippen MR) is 72.0 cm³/mol. The molecule has 2 rings (SSSR count). The van der Waals surface area contributed by atoms with Crippen molar-refractivity contribution in [3.63, 3.8) is 0 Å². The van der Waals surface area contributed by atoms with E-state index in [9.17, 15) is 14.7 Å². The molecule has 2 fully saturated rings. The van der Waals surface area contributed by atoms with Crippen LogP contribution in [0.25, 0.3) is 0 Å². The van der Waals surface area contributed by atoms with E-state index < -0.39 is 5.97 Å². The van der Waals surface area contributed by atoms with Crippen LogP contribution in [0.1, 0.15) is 51.4 Å². The van der Waals surface area contributed by atoms with E-state index in [1.54, 1.807) is 6.41 Å². The van der Waals surface area contributed by atoms with Crippen LogP contribution in [0, 0.1) is 24.2 Å². The standard InChI is InChI=1S/C15H23NO3.Y/c17-10-16-14-8-4-2-6-12(14)9-11-5-1-3-7-13(11)15(18)19;/h8,11-14H,1-7,9H2,(H,16,17)(H,18,19);/q-2;. The number of carbonyl (C=O) groups is 1. The van der Waals surface area contributed by atoms with Crippen molar-refractivity contribution < 1.29 is 47.4 Å². The van der Waals surface area contributed by atoms with Gasteiger partial charge in [-0.2, -0.15) is 12.8 Å². The van der Waals surface area contributed by atoms with Crippen molar-refractivity contribution in [2.24, 2.45) is 17.8 Å². The van der Waals surface area contributed by atoms with E-state index in [1.165, 1.54) is 0 Å². The topological polar surface area (TPSA) is 66.4 Å². The Bertz CT molecular complexity index is 324. The van der Waals surface area contributed by atoms with E-state index >= 15 is 0 Å².